The SMILES string of the molecule is C[Si](C)(Cc1ccc(C2CCCCC2)cc1)CN1CCCC1.Cl. The quantitative estimate of drug-likeness (QED) is 0.626. The molecule has 2 fully saturated rings. The first kappa shape index (κ1) is 19.0. The van der Waals surface area contributed by atoms with Crippen LogP contribution in [0.4, 0.5) is 0 Å². The summed E-state index contributed by atoms with van der Waals surface area (Å²) in [5.41, 5.74) is 3.18. The second kappa shape index (κ2) is 8.69. The van der Waals surface area contributed by atoms with Crippen molar-refractivity contribution < 1.29 is 0 Å². The maximum absolute atomic E-state index is 2.71. The fourth-order valence-corrected chi connectivity index (χ4v) is 7.48. The van der Waals surface area contributed by atoms with E-state index in [4.69, 9.17) is 0 Å². The summed E-state index contributed by atoms with van der Waals surface area (Å²) in [6.07, 6.45) is 11.4. The largest absolute Gasteiger partial charge is 0.306 e. The van der Waals surface area contributed by atoms with E-state index in [9.17, 15) is 0 Å². The topological polar surface area (TPSA) is 3.24 Å². The number of nitrogens with zero attached hydrogens (tertiary/aromatic N) is 1. The van der Waals surface area contributed by atoms with Crippen LogP contribution in [-0.4, -0.2) is 32.2 Å². The molecule has 3 heteroatoms. The Morgan fingerprint density at radius 2 is 1.52 bits per heavy atom. The number of benzene rings is 1. The molecule has 1 aromatic carbocycles. The van der Waals surface area contributed by atoms with Crippen molar-refractivity contribution in [3.63, 3.8) is 0 Å². The number of likely N-dealkylation sites (tertiary alicyclic amines) is 1. The molecule has 1 heterocycles. The Hall–Kier alpha value is -0.313. The van der Waals surface area contributed by atoms with Gasteiger partial charge in [-0.05, 0) is 62.5 Å². The molecule has 1 nitrogen and oxygen atoms in total. The molecule has 0 radical (unpaired) electrons. The van der Waals surface area contributed by atoms with E-state index in [-0.39, 0.29) is 12.4 Å². The minimum Gasteiger partial charge on any atom is -0.306 e. The van der Waals surface area contributed by atoms with Gasteiger partial charge in [0.25, 0.3) is 0 Å². The third-order valence-corrected chi connectivity index (χ3v) is 8.26. The lowest BCUT2D eigenvalue weighted by atomic mass is 9.84. The van der Waals surface area contributed by atoms with Gasteiger partial charge in [0, 0.05) is 0 Å². The smallest absolute Gasteiger partial charge is 0.0672 e. The lowest BCUT2D eigenvalue weighted by Gasteiger charge is -2.28. The predicted molar refractivity (Wildman–Crippen MR) is 106 cm³/mol. The summed E-state index contributed by atoms with van der Waals surface area (Å²) in [5.74, 6) is 0.845. The highest BCUT2D eigenvalue weighted by molar-refractivity contribution is 6.77. The van der Waals surface area contributed by atoms with Crippen molar-refractivity contribution >= 4 is 20.5 Å². The maximum atomic E-state index is 2.71. The van der Waals surface area contributed by atoms with E-state index >= 15 is 0 Å². The molecule has 0 aromatic heterocycles. The van der Waals surface area contributed by atoms with Crippen LogP contribution in [-0.2, 0) is 6.04 Å². The van der Waals surface area contributed by atoms with Crippen LogP contribution in [0.3, 0.4) is 0 Å². The van der Waals surface area contributed by atoms with Crippen LogP contribution in [0, 0.1) is 0 Å². The van der Waals surface area contributed by atoms with E-state index in [1.165, 1.54) is 70.2 Å². The molecule has 0 unspecified atom stereocenters. The van der Waals surface area contributed by atoms with Crippen molar-refractivity contribution in [2.24, 2.45) is 0 Å². The molecular weight excluding hydrogens is 318 g/mol. The van der Waals surface area contributed by atoms with Crippen molar-refractivity contribution in [3.8, 4) is 0 Å². The Kier molecular flexibility index (Phi) is 7.18. The summed E-state index contributed by atoms with van der Waals surface area (Å²) >= 11 is 0. The van der Waals surface area contributed by atoms with Crippen LogP contribution in [0.1, 0.15) is 62.0 Å². The third-order valence-electron chi connectivity index (χ3n) is 5.59. The Labute approximate surface area is 150 Å². The molecule has 23 heavy (non-hydrogen) atoms. The highest BCUT2D eigenvalue weighted by Crippen LogP contribution is 2.32. The van der Waals surface area contributed by atoms with Crippen LogP contribution in [0.25, 0.3) is 0 Å². The molecule has 1 saturated heterocycles. The van der Waals surface area contributed by atoms with E-state index in [1.807, 2.05) is 0 Å². The summed E-state index contributed by atoms with van der Waals surface area (Å²) in [4.78, 5) is 2.71. The zero-order valence-corrected chi connectivity index (χ0v) is 16.8. The second-order valence-electron chi connectivity index (χ2n) is 8.40. The lowest BCUT2D eigenvalue weighted by molar-refractivity contribution is 0.388. The molecule has 0 N–H and O–H groups in total. The first-order chi connectivity index (χ1) is 10.6. The Morgan fingerprint density at radius 1 is 0.913 bits per heavy atom. The summed E-state index contributed by atoms with van der Waals surface area (Å²) < 4.78 is 0. The summed E-state index contributed by atoms with van der Waals surface area (Å²) in [6, 6.07) is 11.1. The van der Waals surface area contributed by atoms with Crippen LogP contribution in [0.5, 0.6) is 0 Å². The molecule has 0 spiro atoms. The maximum Gasteiger partial charge on any atom is 0.0672 e. The molecule has 130 valence electrons. The highest BCUT2D eigenvalue weighted by atomic mass is 35.5. The molecule has 0 amide bonds. The fourth-order valence-electron chi connectivity index (χ4n) is 4.50. The minimum atomic E-state index is -1.14. The molecule has 0 bridgehead atoms. The average molecular weight is 352 g/mol. The van der Waals surface area contributed by atoms with Crippen molar-refractivity contribution in [2.45, 2.75) is 70.0 Å². The number of hydrogen-bond acceptors (Lipinski definition) is 1. The molecule has 1 aliphatic carbocycles. The average Bonchev–Trinajstić information content (AvgIpc) is 3.00. The van der Waals surface area contributed by atoms with Gasteiger partial charge in [-0.2, -0.15) is 0 Å². The van der Waals surface area contributed by atoms with E-state index in [1.54, 1.807) is 11.1 Å². The van der Waals surface area contributed by atoms with Crippen molar-refractivity contribution in [2.75, 3.05) is 19.3 Å². The third kappa shape index (κ3) is 5.62. The fraction of sp³-hybridized carbons (Fsp3) is 0.700. The zero-order valence-electron chi connectivity index (χ0n) is 15.0. The summed E-state index contributed by atoms with van der Waals surface area (Å²) in [5, 5.41) is 0. The van der Waals surface area contributed by atoms with Crippen LogP contribution < -0.4 is 0 Å². The van der Waals surface area contributed by atoms with Gasteiger partial charge in [0.1, 0.15) is 0 Å². The minimum absolute atomic E-state index is 0. The van der Waals surface area contributed by atoms with Gasteiger partial charge in [0.05, 0.1) is 8.07 Å². The van der Waals surface area contributed by atoms with Gasteiger partial charge in [-0.3, -0.25) is 0 Å². The monoisotopic (exact) mass is 351 g/mol. The summed E-state index contributed by atoms with van der Waals surface area (Å²) in [7, 11) is -1.14. The molecule has 3 rings (SSSR count). The predicted octanol–water partition coefficient (Wildman–Crippen LogP) is 5.58. The first-order valence-corrected chi connectivity index (χ1v) is 12.9. The van der Waals surface area contributed by atoms with Crippen LogP contribution >= 0.6 is 12.4 Å². The van der Waals surface area contributed by atoms with E-state index in [0.717, 1.165) is 5.92 Å². The molecular formula is C20H34ClNSi. The number of halogens is 1. The molecule has 1 aromatic rings. The van der Waals surface area contributed by atoms with Gasteiger partial charge >= 0.3 is 0 Å². The molecule has 1 saturated carbocycles. The molecule has 1 aliphatic heterocycles. The van der Waals surface area contributed by atoms with Gasteiger partial charge < -0.3 is 4.90 Å². The van der Waals surface area contributed by atoms with Gasteiger partial charge in [0.2, 0.25) is 0 Å². The van der Waals surface area contributed by atoms with Gasteiger partial charge in [-0.1, -0.05) is 62.2 Å². The molecule has 0 atom stereocenters. The number of rotatable bonds is 5. The van der Waals surface area contributed by atoms with Crippen LogP contribution in [0.2, 0.25) is 13.1 Å². The second-order valence-corrected chi connectivity index (χ2v) is 13.4. The van der Waals surface area contributed by atoms with E-state index < -0.39 is 8.07 Å². The molecule has 2 aliphatic rings. The Balaban J connectivity index is 0.00000192. The zero-order chi connectivity index (χ0) is 15.4. The Morgan fingerprint density at radius 3 is 2.13 bits per heavy atom. The van der Waals surface area contributed by atoms with E-state index in [0.29, 0.717) is 0 Å². The van der Waals surface area contributed by atoms with Gasteiger partial charge in [-0.25, -0.2) is 0 Å². The van der Waals surface area contributed by atoms with Crippen molar-refractivity contribution in [3.05, 3.63) is 35.4 Å². The normalized spacial score (nSPS) is 20.4. The van der Waals surface area contributed by atoms with Crippen molar-refractivity contribution in [1.82, 2.24) is 4.90 Å². The van der Waals surface area contributed by atoms with Crippen LogP contribution in [0.15, 0.2) is 24.3 Å². The lowest BCUT2D eigenvalue weighted by Crippen LogP contribution is -2.43. The Bertz CT molecular complexity index is 459. The van der Waals surface area contributed by atoms with E-state index in [2.05, 4.69) is 42.3 Å². The first-order valence-electron chi connectivity index (χ1n) is 9.44. The number of hydrogen-bond donors (Lipinski definition) is 0. The highest BCUT2D eigenvalue weighted by Gasteiger charge is 2.26. The van der Waals surface area contributed by atoms with Gasteiger partial charge in [-0.15, -0.1) is 12.4 Å². The summed E-state index contributed by atoms with van der Waals surface area (Å²) in [6.45, 7) is 7.83. The van der Waals surface area contributed by atoms with Gasteiger partial charge in [0.15, 0.2) is 0 Å². The van der Waals surface area contributed by atoms with Crippen molar-refractivity contribution in [1.29, 1.82) is 0 Å². The standard InChI is InChI=1S/C20H33NSi.ClH/c1-22(2,17-21-14-6-7-15-21)16-18-10-12-20(13-11-18)19-8-4-3-5-9-19;/h10-13,19H,3-9,14-17H2,1-2H3;1H.